The molecule has 1 heterocycles. The molecule has 1 amide bonds. The van der Waals surface area contributed by atoms with Gasteiger partial charge in [0.05, 0.1) is 5.97 Å². The van der Waals surface area contributed by atoms with Gasteiger partial charge in [-0.2, -0.15) is 5.26 Å². The minimum Gasteiger partial charge on any atom is -0.545 e. The predicted octanol–water partition coefficient (Wildman–Crippen LogP) is 3.16. The SMILES string of the molecule is Cc1ccccc1NC(=O)/C(C#N)=C\c1ccc(-c2ccc(C(=O)[O-])cc2)o1. The van der Waals surface area contributed by atoms with Crippen molar-refractivity contribution in [2.75, 3.05) is 5.32 Å². The second kappa shape index (κ2) is 8.06. The third-order valence-corrected chi connectivity index (χ3v) is 4.08. The van der Waals surface area contributed by atoms with Gasteiger partial charge in [0.2, 0.25) is 0 Å². The van der Waals surface area contributed by atoms with Crippen molar-refractivity contribution in [1.82, 2.24) is 0 Å². The first-order valence-electron chi connectivity index (χ1n) is 8.38. The van der Waals surface area contributed by atoms with Crippen LogP contribution in [-0.2, 0) is 4.79 Å². The summed E-state index contributed by atoms with van der Waals surface area (Å²) < 4.78 is 5.66. The van der Waals surface area contributed by atoms with E-state index in [1.165, 1.54) is 18.2 Å². The van der Waals surface area contributed by atoms with Crippen LogP contribution in [0.3, 0.4) is 0 Å². The maximum Gasteiger partial charge on any atom is 0.266 e. The Morgan fingerprint density at radius 3 is 2.43 bits per heavy atom. The first-order chi connectivity index (χ1) is 13.5. The predicted molar refractivity (Wildman–Crippen MR) is 102 cm³/mol. The molecule has 0 radical (unpaired) electrons. The highest BCUT2D eigenvalue weighted by atomic mass is 16.4. The van der Waals surface area contributed by atoms with E-state index in [0.29, 0.717) is 22.8 Å². The number of para-hydroxylation sites is 1. The third kappa shape index (κ3) is 4.17. The van der Waals surface area contributed by atoms with Crippen molar-refractivity contribution in [2.45, 2.75) is 6.92 Å². The van der Waals surface area contributed by atoms with Crippen LogP contribution < -0.4 is 10.4 Å². The van der Waals surface area contributed by atoms with Gasteiger partial charge < -0.3 is 19.6 Å². The lowest BCUT2D eigenvalue weighted by Crippen LogP contribution is -2.21. The molecule has 28 heavy (non-hydrogen) atoms. The maximum atomic E-state index is 12.4. The molecular weight excluding hydrogens is 356 g/mol. The average Bonchev–Trinajstić information content (AvgIpc) is 3.16. The molecule has 0 aliphatic carbocycles. The number of carboxylic acid groups (broad SMARTS) is 1. The van der Waals surface area contributed by atoms with Crippen LogP contribution in [0.1, 0.15) is 21.7 Å². The number of aromatic carboxylic acids is 1. The minimum absolute atomic E-state index is 0.0649. The van der Waals surface area contributed by atoms with Crippen molar-refractivity contribution >= 4 is 23.6 Å². The maximum absolute atomic E-state index is 12.4. The van der Waals surface area contributed by atoms with Gasteiger partial charge in [-0.3, -0.25) is 4.79 Å². The summed E-state index contributed by atoms with van der Waals surface area (Å²) in [6.07, 6.45) is 1.35. The van der Waals surface area contributed by atoms with Gasteiger partial charge in [-0.25, -0.2) is 0 Å². The Hall–Kier alpha value is -4.11. The fraction of sp³-hybridized carbons (Fsp3) is 0.0455. The van der Waals surface area contributed by atoms with E-state index >= 15 is 0 Å². The number of benzene rings is 2. The van der Waals surface area contributed by atoms with E-state index in [4.69, 9.17) is 4.42 Å². The molecule has 1 N–H and O–H groups in total. The number of anilines is 1. The number of hydrogen-bond acceptors (Lipinski definition) is 5. The van der Waals surface area contributed by atoms with E-state index in [1.54, 1.807) is 36.4 Å². The van der Waals surface area contributed by atoms with E-state index in [0.717, 1.165) is 5.56 Å². The quantitative estimate of drug-likeness (QED) is 0.548. The zero-order valence-corrected chi connectivity index (χ0v) is 14.9. The Morgan fingerprint density at radius 1 is 1.07 bits per heavy atom. The molecular formula is C22H15N2O4-. The van der Waals surface area contributed by atoms with E-state index in [2.05, 4.69) is 5.32 Å². The number of carbonyl (C=O) groups is 2. The van der Waals surface area contributed by atoms with Crippen LogP contribution in [0, 0.1) is 18.3 Å². The van der Waals surface area contributed by atoms with Gasteiger partial charge in [0, 0.05) is 17.3 Å². The molecule has 0 aliphatic rings. The molecule has 6 heteroatoms. The highest BCUT2D eigenvalue weighted by Gasteiger charge is 2.12. The van der Waals surface area contributed by atoms with Crippen LogP contribution in [-0.4, -0.2) is 11.9 Å². The Labute approximate surface area is 161 Å². The van der Waals surface area contributed by atoms with Gasteiger partial charge in [0.1, 0.15) is 23.2 Å². The molecule has 0 atom stereocenters. The minimum atomic E-state index is -1.26. The molecule has 0 unspecified atom stereocenters. The van der Waals surface area contributed by atoms with Crippen molar-refractivity contribution in [3.8, 4) is 17.4 Å². The normalized spacial score (nSPS) is 10.9. The van der Waals surface area contributed by atoms with Gasteiger partial charge in [0.15, 0.2) is 0 Å². The number of nitrogens with zero attached hydrogens (tertiary/aromatic N) is 1. The van der Waals surface area contributed by atoms with Gasteiger partial charge >= 0.3 is 0 Å². The molecule has 0 saturated heterocycles. The van der Waals surface area contributed by atoms with E-state index < -0.39 is 11.9 Å². The second-order valence-corrected chi connectivity index (χ2v) is 6.01. The average molecular weight is 371 g/mol. The van der Waals surface area contributed by atoms with Gasteiger partial charge in [0.25, 0.3) is 5.91 Å². The second-order valence-electron chi connectivity index (χ2n) is 6.01. The molecule has 0 saturated carbocycles. The Bertz CT molecular complexity index is 1100. The van der Waals surface area contributed by atoms with Crippen molar-refractivity contribution in [1.29, 1.82) is 5.26 Å². The molecule has 138 valence electrons. The van der Waals surface area contributed by atoms with Crippen molar-refractivity contribution in [2.24, 2.45) is 0 Å². The van der Waals surface area contributed by atoms with Crippen LogP contribution in [0.5, 0.6) is 0 Å². The zero-order valence-electron chi connectivity index (χ0n) is 14.9. The first-order valence-corrected chi connectivity index (χ1v) is 8.38. The third-order valence-electron chi connectivity index (χ3n) is 4.08. The number of carbonyl (C=O) groups excluding carboxylic acids is 2. The van der Waals surface area contributed by atoms with E-state index in [-0.39, 0.29) is 11.1 Å². The standard InChI is InChI=1S/C22H16N2O4/c1-14-4-2-3-5-19(14)24-21(25)17(13-23)12-18-10-11-20(28-18)15-6-8-16(9-7-15)22(26)27/h2-12H,1H3,(H,24,25)(H,26,27)/p-1/b17-12-. The number of aryl methyl sites for hydroxylation is 1. The van der Waals surface area contributed by atoms with Crippen LogP contribution in [0.15, 0.2) is 70.7 Å². The Balaban J connectivity index is 1.80. The number of nitriles is 1. The van der Waals surface area contributed by atoms with Crippen molar-refractivity contribution in [3.63, 3.8) is 0 Å². The van der Waals surface area contributed by atoms with Crippen LogP contribution >= 0.6 is 0 Å². The van der Waals surface area contributed by atoms with E-state index in [1.807, 2.05) is 25.1 Å². The summed E-state index contributed by atoms with van der Waals surface area (Å²) in [5, 5.41) is 22.8. The summed E-state index contributed by atoms with van der Waals surface area (Å²) in [4.78, 5) is 23.2. The molecule has 2 aromatic carbocycles. The number of amides is 1. The smallest absolute Gasteiger partial charge is 0.266 e. The zero-order chi connectivity index (χ0) is 20.1. The summed E-state index contributed by atoms with van der Waals surface area (Å²) in [6.45, 7) is 1.86. The van der Waals surface area contributed by atoms with Crippen LogP contribution in [0.25, 0.3) is 17.4 Å². The van der Waals surface area contributed by atoms with Crippen molar-refractivity contribution < 1.29 is 19.1 Å². The van der Waals surface area contributed by atoms with Crippen LogP contribution in [0.2, 0.25) is 0 Å². The largest absolute Gasteiger partial charge is 0.545 e. The Morgan fingerprint density at radius 2 is 1.79 bits per heavy atom. The molecule has 1 aromatic heterocycles. The molecule has 0 aliphatic heterocycles. The molecule has 0 fully saturated rings. The van der Waals surface area contributed by atoms with E-state index in [9.17, 15) is 20.0 Å². The number of carboxylic acids is 1. The lowest BCUT2D eigenvalue weighted by molar-refractivity contribution is -0.255. The summed E-state index contributed by atoms with van der Waals surface area (Å²) in [7, 11) is 0. The molecule has 3 rings (SSSR count). The number of rotatable bonds is 5. The highest BCUT2D eigenvalue weighted by Crippen LogP contribution is 2.24. The number of furan rings is 1. The van der Waals surface area contributed by atoms with Crippen LogP contribution in [0.4, 0.5) is 5.69 Å². The van der Waals surface area contributed by atoms with Crippen molar-refractivity contribution in [3.05, 3.63) is 83.1 Å². The fourth-order valence-corrected chi connectivity index (χ4v) is 2.55. The summed E-state index contributed by atoms with van der Waals surface area (Å²) in [5.41, 5.74) is 2.13. The lowest BCUT2D eigenvalue weighted by atomic mass is 10.1. The lowest BCUT2D eigenvalue weighted by Gasteiger charge is -2.06. The summed E-state index contributed by atoms with van der Waals surface area (Å²) in [6, 6.07) is 18.5. The monoisotopic (exact) mass is 371 g/mol. The Kier molecular flexibility index (Phi) is 5.38. The van der Waals surface area contributed by atoms with Gasteiger partial charge in [-0.1, -0.05) is 42.5 Å². The molecule has 6 nitrogen and oxygen atoms in total. The highest BCUT2D eigenvalue weighted by molar-refractivity contribution is 6.09. The molecule has 0 spiro atoms. The topological polar surface area (TPSA) is 106 Å². The molecule has 0 bridgehead atoms. The summed E-state index contributed by atoms with van der Waals surface area (Å²) in [5.74, 6) is -0.982. The molecule has 3 aromatic rings. The fourth-order valence-electron chi connectivity index (χ4n) is 2.55. The van der Waals surface area contributed by atoms with Gasteiger partial charge in [-0.15, -0.1) is 0 Å². The van der Waals surface area contributed by atoms with Gasteiger partial charge in [-0.05, 0) is 36.2 Å². The summed E-state index contributed by atoms with van der Waals surface area (Å²) >= 11 is 0. The number of hydrogen-bond donors (Lipinski definition) is 1. The first kappa shape index (κ1) is 18.7. The number of nitrogens with one attached hydrogen (secondary N) is 1.